The van der Waals surface area contributed by atoms with Crippen molar-refractivity contribution in [1.82, 2.24) is 9.97 Å². The summed E-state index contributed by atoms with van der Waals surface area (Å²) in [6, 6.07) is 2.39. The molecule has 1 aliphatic rings. The quantitative estimate of drug-likeness (QED) is 0.766. The summed E-state index contributed by atoms with van der Waals surface area (Å²) >= 11 is 0. The summed E-state index contributed by atoms with van der Waals surface area (Å²) < 4.78 is 0. The lowest BCUT2D eigenvalue weighted by Crippen LogP contribution is -2.33. The van der Waals surface area contributed by atoms with Crippen molar-refractivity contribution in [1.29, 1.82) is 0 Å². The fourth-order valence-electron chi connectivity index (χ4n) is 2.74. The first-order chi connectivity index (χ1) is 8.58. The molecule has 2 rings (SSSR count). The molecule has 1 heterocycles. The minimum atomic E-state index is 0.307. The molecule has 100 valence electrons. The van der Waals surface area contributed by atoms with Crippen LogP contribution >= 0.6 is 0 Å². The number of nitrogens with one attached hydrogen (secondary N) is 2. The molecular formula is C13H23N5. The molecule has 0 saturated heterocycles. The minimum absolute atomic E-state index is 0.307. The largest absolute Gasteiger partial charge is 0.373 e. The molecule has 1 aromatic heterocycles. The van der Waals surface area contributed by atoms with Crippen LogP contribution in [0.25, 0.3) is 0 Å². The molecule has 4 N–H and O–H groups in total. The highest BCUT2D eigenvalue weighted by atomic mass is 15.1. The van der Waals surface area contributed by atoms with Crippen LogP contribution in [0.2, 0.25) is 0 Å². The minimum Gasteiger partial charge on any atom is -0.373 e. The first-order valence-electron chi connectivity index (χ1n) is 6.67. The van der Waals surface area contributed by atoms with Gasteiger partial charge in [-0.15, -0.1) is 0 Å². The zero-order valence-electron chi connectivity index (χ0n) is 11.4. The van der Waals surface area contributed by atoms with Crippen molar-refractivity contribution in [2.45, 2.75) is 39.2 Å². The maximum atomic E-state index is 5.69. The van der Waals surface area contributed by atoms with Gasteiger partial charge in [0.05, 0.1) is 0 Å². The van der Waals surface area contributed by atoms with Gasteiger partial charge in [0.25, 0.3) is 0 Å². The van der Waals surface area contributed by atoms with Crippen molar-refractivity contribution < 1.29 is 0 Å². The van der Waals surface area contributed by atoms with E-state index in [4.69, 9.17) is 5.73 Å². The summed E-state index contributed by atoms with van der Waals surface area (Å²) in [6.45, 7) is 4.63. The summed E-state index contributed by atoms with van der Waals surface area (Å²) in [5.41, 5.74) is 5.69. The molecule has 0 aromatic carbocycles. The van der Waals surface area contributed by atoms with Crippen molar-refractivity contribution in [3.8, 4) is 0 Å². The molecule has 5 heteroatoms. The van der Waals surface area contributed by atoms with Crippen molar-refractivity contribution in [2.24, 2.45) is 11.8 Å². The number of nitrogen functional groups attached to an aromatic ring is 1. The van der Waals surface area contributed by atoms with Crippen LogP contribution in [0, 0.1) is 11.8 Å². The first-order valence-corrected chi connectivity index (χ1v) is 6.67. The highest BCUT2D eigenvalue weighted by molar-refractivity contribution is 5.51. The van der Waals surface area contributed by atoms with Crippen LogP contribution in [0.4, 0.5) is 17.6 Å². The summed E-state index contributed by atoms with van der Waals surface area (Å²) in [5.74, 6) is 3.38. The Labute approximate surface area is 109 Å². The van der Waals surface area contributed by atoms with Crippen LogP contribution in [-0.4, -0.2) is 23.1 Å². The molecule has 0 radical (unpaired) electrons. The number of nitrogens with two attached hydrogens (primary N) is 1. The molecule has 18 heavy (non-hydrogen) atoms. The molecule has 1 fully saturated rings. The van der Waals surface area contributed by atoms with E-state index in [2.05, 4.69) is 34.4 Å². The number of hydrogen-bond donors (Lipinski definition) is 3. The SMILES string of the molecule is CNc1cc(NC2CCC(C)CC2C)nc(N)n1. The summed E-state index contributed by atoms with van der Waals surface area (Å²) in [6.07, 6.45) is 3.75. The van der Waals surface area contributed by atoms with Crippen LogP contribution in [0.3, 0.4) is 0 Å². The summed E-state index contributed by atoms with van der Waals surface area (Å²) in [4.78, 5) is 8.34. The Morgan fingerprint density at radius 2 is 1.94 bits per heavy atom. The highest BCUT2D eigenvalue weighted by Gasteiger charge is 2.25. The summed E-state index contributed by atoms with van der Waals surface area (Å²) in [5, 5.41) is 6.49. The normalized spacial score (nSPS) is 27.8. The lowest BCUT2D eigenvalue weighted by molar-refractivity contribution is 0.276. The predicted octanol–water partition coefficient (Wildman–Crippen LogP) is 2.34. The zero-order valence-corrected chi connectivity index (χ0v) is 11.4. The van der Waals surface area contributed by atoms with E-state index in [1.165, 1.54) is 19.3 Å². The van der Waals surface area contributed by atoms with Gasteiger partial charge >= 0.3 is 0 Å². The number of rotatable bonds is 3. The molecule has 0 spiro atoms. The van der Waals surface area contributed by atoms with Gasteiger partial charge in [0.15, 0.2) is 0 Å². The average molecular weight is 249 g/mol. The molecule has 0 aliphatic heterocycles. The Morgan fingerprint density at radius 1 is 1.22 bits per heavy atom. The van der Waals surface area contributed by atoms with Crippen LogP contribution in [0.1, 0.15) is 33.1 Å². The predicted molar refractivity (Wildman–Crippen MR) is 75.6 cm³/mol. The monoisotopic (exact) mass is 249 g/mol. The van der Waals surface area contributed by atoms with Gasteiger partial charge in [0.1, 0.15) is 11.6 Å². The number of anilines is 3. The third-order valence-electron chi connectivity index (χ3n) is 3.76. The maximum absolute atomic E-state index is 5.69. The average Bonchev–Trinajstić information content (AvgIpc) is 2.32. The fraction of sp³-hybridized carbons (Fsp3) is 0.692. The van der Waals surface area contributed by atoms with Crippen molar-refractivity contribution >= 4 is 17.6 Å². The van der Waals surface area contributed by atoms with E-state index in [1.807, 2.05) is 13.1 Å². The topological polar surface area (TPSA) is 75.9 Å². The maximum Gasteiger partial charge on any atom is 0.223 e. The molecular weight excluding hydrogens is 226 g/mol. The van der Waals surface area contributed by atoms with Gasteiger partial charge in [-0.1, -0.05) is 13.8 Å². The lowest BCUT2D eigenvalue weighted by Gasteiger charge is -2.33. The van der Waals surface area contributed by atoms with E-state index in [1.54, 1.807) is 0 Å². The van der Waals surface area contributed by atoms with Gasteiger partial charge in [-0.05, 0) is 31.1 Å². The van der Waals surface area contributed by atoms with Gasteiger partial charge in [0.2, 0.25) is 5.95 Å². The fourth-order valence-corrected chi connectivity index (χ4v) is 2.74. The van der Waals surface area contributed by atoms with Crippen LogP contribution in [0.15, 0.2) is 6.07 Å². The van der Waals surface area contributed by atoms with Crippen molar-refractivity contribution in [3.05, 3.63) is 6.07 Å². The Bertz CT molecular complexity index is 406. The second kappa shape index (κ2) is 5.42. The molecule has 5 nitrogen and oxygen atoms in total. The second-order valence-electron chi connectivity index (χ2n) is 5.39. The van der Waals surface area contributed by atoms with E-state index < -0.39 is 0 Å². The number of aromatic nitrogens is 2. The highest BCUT2D eigenvalue weighted by Crippen LogP contribution is 2.30. The number of nitrogens with zero attached hydrogens (tertiary/aromatic N) is 2. The Balaban J connectivity index is 2.06. The van der Waals surface area contributed by atoms with E-state index in [9.17, 15) is 0 Å². The zero-order chi connectivity index (χ0) is 13.1. The Hall–Kier alpha value is -1.52. The Morgan fingerprint density at radius 3 is 2.61 bits per heavy atom. The van der Waals surface area contributed by atoms with Gasteiger partial charge in [-0.25, -0.2) is 0 Å². The van der Waals surface area contributed by atoms with Gasteiger partial charge in [-0.3, -0.25) is 0 Å². The third-order valence-corrected chi connectivity index (χ3v) is 3.76. The second-order valence-corrected chi connectivity index (χ2v) is 5.39. The van der Waals surface area contributed by atoms with E-state index in [0.717, 1.165) is 17.6 Å². The molecule has 1 aliphatic carbocycles. The standard InChI is InChI=1S/C13H23N5/c1-8-4-5-10(9(2)6-8)16-12-7-11(15-3)17-13(14)18-12/h7-10H,4-6H2,1-3H3,(H4,14,15,16,17,18). The Kier molecular flexibility index (Phi) is 3.89. The van der Waals surface area contributed by atoms with Crippen molar-refractivity contribution in [3.63, 3.8) is 0 Å². The molecule has 0 amide bonds. The smallest absolute Gasteiger partial charge is 0.223 e. The number of hydrogen-bond acceptors (Lipinski definition) is 5. The van der Waals surface area contributed by atoms with E-state index >= 15 is 0 Å². The summed E-state index contributed by atoms with van der Waals surface area (Å²) in [7, 11) is 1.83. The van der Waals surface area contributed by atoms with Gasteiger partial charge < -0.3 is 16.4 Å². The molecule has 0 bridgehead atoms. The van der Waals surface area contributed by atoms with E-state index in [0.29, 0.717) is 17.9 Å². The van der Waals surface area contributed by atoms with Gasteiger partial charge in [-0.2, -0.15) is 9.97 Å². The molecule has 3 unspecified atom stereocenters. The molecule has 1 aromatic rings. The van der Waals surface area contributed by atoms with Crippen LogP contribution in [0.5, 0.6) is 0 Å². The van der Waals surface area contributed by atoms with Crippen LogP contribution < -0.4 is 16.4 Å². The third kappa shape index (κ3) is 3.03. The molecule has 3 atom stereocenters. The van der Waals surface area contributed by atoms with E-state index in [-0.39, 0.29) is 0 Å². The van der Waals surface area contributed by atoms with Crippen LogP contribution in [-0.2, 0) is 0 Å². The van der Waals surface area contributed by atoms with Gasteiger partial charge in [0, 0.05) is 19.2 Å². The molecule has 1 saturated carbocycles. The first kappa shape index (κ1) is 12.9. The van der Waals surface area contributed by atoms with Crippen molar-refractivity contribution in [2.75, 3.05) is 23.4 Å². The lowest BCUT2D eigenvalue weighted by atomic mass is 9.80.